The minimum Gasteiger partial charge on any atom is -0.394 e. The van der Waals surface area contributed by atoms with Crippen LogP contribution in [0.25, 0.3) is 0 Å². The van der Waals surface area contributed by atoms with Crippen molar-refractivity contribution in [3.8, 4) is 0 Å². The second-order valence-electron chi connectivity index (χ2n) is 4.65. The fourth-order valence-electron chi connectivity index (χ4n) is 1.99. The molecule has 0 aromatic heterocycles. The van der Waals surface area contributed by atoms with Crippen LogP contribution in [0.4, 0.5) is 0 Å². The highest BCUT2D eigenvalue weighted by atomic mass is 16.5. The van der Waals surface area contributed by atoms with Gasteiger partial charge >= 0.3 is 0 Å². The first kappa shape index (κ1) is 17.8. The van der Waals surface area contributed by atoms with Gasteiger partial charge in [-0.05, 0) is 32.2 Å². The number of hydrogen-bond acceptors (Lipinski definition) is 4. The van der Waals surface area contributed by atoms with Gasteiger partial charge in [0.05, 0.1) is 19.8 Å². The third kappa shape index (κ3) is 8.03. The van der Waals surface area contributed by atoms with E-state index in [1.807, 2.05) is 0 Å². The van der Waals surface area contributed by atoms with Crippen LogP contribution in [0.3, 0.4) is 0 Å². The zero-order valence-electron chi connectivity index (χ0n) is 12.3. The van der Waals surface area contributed by atoms with Crippen LogP contribution in [-0.4, -0.2) is 50.2 Å². The molecule has 1 atom stereocenters. The number of aliphatic hydroxyl groups excluding tert-OH is 1. The Morgan fingerprint density at radius 2 is 1.67 bits per heavy atom. The van der Waals surface area contributed by atoms with E-state index in [0.717, 1.165) is 45.4 Å². The van der Waals surface area contributed by atoms with Gasteiger partial charge in [0.15, 0.2) is 0 Å². The molecule has 0 fully saturated rings. The highest BCUT2D eigenvalue weighted by Crippen LogP contribution is 2.16. The average molecular weight is 261 g/mol. The van der Waals surface area contributed by atoms with E-state index in [1.165, 1.54) is 0 Å². The molecule has 0 aliphatic rings. The summed E-state index contributed by atoms with van der Waals surface area (Å²) in [4.78, 5) is 0. The number of hydrogen-bond donors (Lipinski definition) is 2. The first-order chi connectivity index (χ1) is 8.74. The minimum absolute atomic E-state index is 0.128. The molecule has 4 heteroatoms. The summed E-state index contributed by atoms with van der Waals surface area (Å²) in [6.45, 7) is 10.3. The largest absolute Gasteiger partial charge is 0.394 e. The minimum atomic E-state index is -0.128. The lowest BCUT2D eigenvalue weighted by atomic mass is 9.91. The van der Waals surface area contributed by atoms with Gasteiger partial charge in [-0.15, -0.1) is 0 Å². The normalized spacial score (nSPS) is 14.7. The number of ether oxygens (including phenoxy) is 2. The molecule has 0 radical (unpaired) electrons. The van der Waals surface area contributed by atoms with Crippen LogP contribution in [-0.2, 0) is 9.47 Å². The lowest BCUT2D eigenvalue weighted by molar-refractivity contribution is 0.0421. The van der Waals surface area contributed by atoms with Gasteiger partial charge < -0.3 is 19.9 Å². The van der Waals surface area contributed by atoms with Crippen LogP contribution in [0.15, 0.2) is 0 Å². The summed E-state index contributed by atoms with van der Waals surface area (Å²) in [6.07, 6.45) is 3.91. The molecule has 0 aliphatic carbocycles. The van der Waals surface area contributed by atoms with E-state index in [1.54, 1.807) is 0 Å². The summed E-state index contributed by atoms with van der Waals surface area (Å²) >= 11 is 0. The predicted octanol–water partition coefficient (Wildman–Crippen LogP) is 1.96. The van der Waals surface area contributed by atoms with Gasteiger partial charge in [0.1, 0.15) is 0 Å². The van der Waals surface area contributed by atoms with Crippen molar-refractivity contribution >= 4 is 0 Å². The maximum absolute atomic E-state index is 9.48. The standard InChI is InChI=1S/C14H31NO3/c1-4-9-17-11-12-18-10-7-8-14(5-2,13-16)15-6-3/h15-16H,4-13H2,1-3H3. The van der Waals surface area contributed by atoms with E-state index in [0.29, 0.717) is 13.2 Å². The van der Waals surface area contributed by atoms with Gasteiger partial charge in [-0.25, -0.2) is 0 Å². The van der Waals surface area contributed by atoms with Crippen molar-refractivity contribution in [2.24, 2.45) is 0 Å². The molecule has 0 saturated heterocycles. The van der Waals surface area contributed by atoms with Gasteiger partial charge in [0, 0.05) is 18.8 Å². The molecule has 0 aromatic rings. The second kappa shape index (κ2) is 11.9. The molecular formula is C14H31NO3. The molecule has 4 nitrogen and oxygen atoms in total. The molecule has 0 aromatic carbocycles. The zero-order chi connectivity index (χ0) is 13.7. The monoisotopic (exact) mass is 261 g/mol. The predicted molar refractivity (Wildman–Crippen MR) is 74.9 cm³/mol. The lowest BCUT2D eigenvalue weighted by Crippen LogP contribution is -2.48. The Kier molecular flexibility index (Phi) is 11.8. The van der Waals surface area contributed by atoms with Crippen LogP contribution in [0.1, 0.15) is 46.5 Å². The second-order valence-corrected chi connectivity index (χ2v) is 4.65. The number of rotatable bonds is 13. The molecule has 2 N–H and O–H groups in total. The molecule has 0 rings (SSSR count). The Bertz CT molecular complexity index is 172. The van der Waals surface area contributed by atoms with Crippen molar-refractivity contribution in [3.05, 3.63) is 0 Å². The van der Waals surface area contributed by atoms with Crippen LogP contribution in [0, 0.1) is 0 Å². The Labute approximate surface area is 112 Å². The van der Waals surface area contributed by atoms with Gasteiger partial charge in [-0.3, -0.25) is 0 Å². The summed E-state index contributed by atoms with van der Waals surface area (Å²) < 4.78 is 10.8. The molecule has 0 aliphatic heterocycles. The SMILES string of the molecule is CCCOCCOCCCC(CC)(CO)NCC. The molecule has 0 bridgehead atoms. The molecule has 0 saturated carbocycles. The topological polar surface area (TPSA) is 50.7 Å². The summed E-state index contributed by atoms with van der Waals surface area (Å²) in [7, 11) is 0. The fourth-order valence-corrected chi connectivity index (χ4v) is 1.99. The molecule has 0 amide bonds. The summed E-state index contributed by atoms with van der Waals surface area (Å²) in [5, 5.41) is 12.9. The summed E-state index contributed by atoms with van der Waals surface area (Å²) in [6, 6.07) is 0. The van der Waals surface area contributed by atoms with Gasteiger partial charge in [-0.2, -0.15) is 0 Å². The quantitative estimate of drug-likeness (QED) is 0.498. The van der Waals surface area contributed by atoms with Crippen LogP contribution < -0.4 is 5.32 Å². The molecule has 0 heterocycles. The van der Waals surface area contributed by atoms with E-state index in [-0.39, 0.29) is 12.1 Å². The van der Waals surface area contributed by atoms with Gasteiger partial charge in [0.25, 0.3) is 0 Å². The smallest absolute Gasteiger partial charge is 0.0700 e. The van der Waals surface area contributed by atoms with Crippen molar-refractivity contribution in [2.75, 3.05) is 39.6 Å². The van der Waals surface area contributed by atoms with E-state index in [9.17, 15) is 5.11 Å². The average Bonchev–Trinajstić information content (AvgIpc) is 2.40. The molecule has 110 valence electrons. The van der Waals surface area contributed by atoms with Crippen molar-refractivity contribution in [1.29, 1.82) is 0 Å². The number of likely N-dealkylation sites (N-methyl/N-ethyl adjacent to an activating group) is 1. The first-order valence-electron chi connectivity index (χ1n) is 7.26. The van der Waals surface area contributed by atoms with Gasteiger partial charge in [0.2, 0.25) is 0 Å². The first-order valence-corrected chi connectivity index (χ1v) is 7.26. The zero-order valence-corrected chi connectivity index (χ0v) is 12.3. The van der Waals surface area contributed by atoms with Crippen molar-refractivity contribution in [2.45, 2.75) is 52.0 Å². The summed E-state index contributed by atoms with van der Waals surface area (Å²) in [5.74, 6) is 0. The fraction of sp³-hybridized carbons (Fsp3) is 1.00. The number of aliphatic hydroxyl groups is 1. The van der Waals surface area contributed by atoms with Crippen molar-refractivity contribution < 1.29 is 14.6 Å². The number of nitrogens with one attached hydrogen (secondary N) is 1. The molecule has 1 unspecified atom stereocenters. The Morgan fingerprint density at radius 3 is 2.17 bits per heavy atom. The highest BCUT2D eigenvalue weighted by Gasteiger charge is 2.25. The van der Waals surface area contributed by atoms with Crippen molar-refractivity contribution in [3.63, 3.8) is 0 Å². The summed E-state index contributed by atoms with van der Waals surface area (Å²) in [5.41, 5.74) is -0.128. The highest BCUT2D eigenvalue weighted by molar-refractivity contribution is 4.85. The third-order valence-corrected chi connectivity index (χ3v) is 3.20. The van der Waals surface area contributed by atoms with Crippen LogP contribution in [0.5, 0.6) is 0 Å². The maximum Gasteiger partial charge on any atom is 0.0700 e. The molecule has 18 heavy (non-hydrogen) atoms. The van der Waals surface area contributed by atoms with E-state index in [4.69, 9.17) is 9.47 Å². The van der Waals surface area contributed by atoms with E-state index < -0.39 is 0 Å². The Hall–Kier alpha value is -0.160. The molecular weight excluding hydrogens is 230 g/mol. The van der Waals surface area contributed by atoms with Crippen LogP contribution in [0.2, 0.25) is 0 Å². The molecule has 0 spiro atoms. The van der Waals surface area contributed by atoms with E-state index >= 15 is 0 Å². The van der Waals surface area contributed by atoms with E-state index in [2.05, 4.69) is 26.1 Å². The van der Waals surface area contributed by atoms with Crippen molar-refractivity contribution in [1.82, 2.24) is 5.32 Å². The van der Waals surface area contributed by atoms with Crippen LogP contribution >= 0.6 is 0 Å². The Balaban J connectivity index is 3.55. The lowest BCUT2D eigenvalue weighted by Gasteiger charge is -2.31. The third-order valence-electron chi connectivity index (χ3n) is 3.20. The Morgan fingerprint density at radius 1 is 1.00 bits per heavy atom. The van der Waals surface area contributed by atoms with Gasteiger partial charge in [-0.1, -0.05) is 20.8 Å². The maximum atomic E-state index is 9.48.